The minimum absolute atomic E-state index is 0.0944. The smallest absolute Gasteiger partial charge is 0.253 e. The predicted octanol–water partition coefficient (Wildman–Crippen LogP) is 4.41. The third-order valence-electron chi connectivity index (χ3n) is 3.93. The van der Waals surface area contributed by atoms with Gasteiger partial charge in [-0.15, -0.1) is 15.0 Å². The van der Waals surface area contributed by atoms with Gasteiger partial charge in [-0.05, 0) is 46.7 Å². The molecule has 2 aromatic carbocycles. The lowest BCUT2D eigenvalue weighted by Crippen LogP contribution is -2.07. The molecule has 5 nitrogen and oxygen atoms in total. The number of hydrogen-bond acceptors (Lipinski definition) is 4. The lowest BCUT2D eigenvalue weighted by Gasteiger charge is -2.13. The summed E-state index contributed by atoms with van der Waals surface area (Å²) in [5.74, 6) is 0.330. The zero-order valence-corrected chi connectivity index (χ0v) is 13.8. The van der Waals surface area contributed by atoms with Gasteiger partial charge in [0.2, 0.25) is 5.82 Å². The summed E-state index contributed by atoms with van der Waals surface area (Å²) >= 11 is 0. The van der Waals surface area contributed by atoms with Crippen molar-refractivity contribution >= 4 is 0 Å². The van der Waals surface area contributed by atoms with Crippen LogP contribution in [0, 0.1) is 0 Å². The second kappa shape index (κ2) is 6.64. The molecule has 134 valence electrons. The second-order valence-electron chi connectivity index (χ2n) is 5.71. The average Bonchev–Trinajstić information content (AvgIpc) is 3.18. The first-order chi connectivity index (χ1) is 13.0. The maximum absolute atomic E-state index is 13.3. The molecule has 2 heterocycles. The van der Waals surface area contributed by atoms with Gasteiger partial charge in [0, 0.05) is 6.20 Å². The summed E-state index contributed by atoms with van der Waals surface area (Å²) in [5.41, 5.74) is 0.874. The Morgan fingerprint density at radius 2 is 1.67 bits per heavy atom. The van der Waals surface area contributed by atoms with Crippen LogP contribution in [0.4, 0.5) is 13.2 Å². The van der Waals surface area contributed by atoms with E-state index in [1.165, 1.54) is 16.9 Å². The summed E-state index contributed by atoms with van der Waals surface area (Å²) in [4.78, 5) is 5.42. The lowest BCUT2D eigenvalue weighted by molar-refractivity contribution is -0.137. The van der Waals surface area contributed by atoms with Crippen molar-refractivity contribution in [2.24, 2.45) is 0 Å². The summed E-state index contributed by atoms with van der Waals surface area (Å²) in [6, 6.07) is 17.3. The largest absolute Gasteiger partial charge is 0.417 e. The van der Waals surface area contributed by atoms with Crippen LogP contribution in [0.5, 0.6) is 0 Å². The summed E-state index contributed by atoms with van der Waals surface area (Å²) in [6.45, 7) is 0. The van der Waals surface area contributed by atoms with E-state index in [9.17, 15) is 13.2 Å². The molecular formula is C19H12F3N5. The first kappa shape index (κ1) is 16.9. The Balaban J connectivity index is 1.74. The number of alkyl halides is 3. The molecule has 0 aliphatic heterocycles. The Morgan fingerprint density at radius 1 is 0.852 bits per heavy atom. The highest BCUT2D eigenvalue weighted by Crippen LogP contribution is 2.37. The van der Waals surface area contributed by atoms with E-state index in [4.69, 9.17) is 0 Å². The third-order valence-corrected chi connectivity index (χ3v) is 3.93. The van der Waals surface area contributed by atoms with E-state index >= 15 is 0 Å². The standard InChI is InChI=1S/C19H12F3N5/c20-19(21,22)16-9-2-1-8-15(16)13-6-5-7-14(12-13)27-25-18(24-26-27)17-10-3-4-11-23-17/h1-12H. The first-order valence-electron chi connectivity index (χ1n) is 8.01. The van der Waals surface area contributed by atoms with Gasteiger partial charge in [0.05, 0.1) is 11.3 Å². The van der Waals surface area contributed by atoms with E-state index in [0.717, 1.165) is 6.07 Å². The van der Waals surface area contributed by atoms with E-state index in [2.05, 4.69) is 20.4 Å². The molecule has 0 bridgehead atoms. The van der Waals surface area contributed by atoms with Crippen molar-refractivity contribution in [2.75, 3.05) is 0 Å². The Hall–Kier alpha value is -3.55. The summed E-state index contributed by atoms with van der Waals surface area (Å²) in [5, 5.41) is 12.2. The number of nitrogens with zero attached hydrogens (tertiary/aromatic N) is 5. The number of benzene rings is 2. The van der Waals surface area contributed by atoms with Crippen molar-refractivity contribution in [3.63, 3.8) is 0 Å². The molecule has 0 radical (unpaired) electrons. The van der Waals surface area contributed by atoms with Crippen LogP contribution in [0.3, 0.4) is 0 Å². The average molecular weight is 367 g/mol. The Morgan fingerprint density at radius 3 is 2.44 bits per heavy atom. The fraction of sp³-hybridized carbons (Fsp3) is 0.0526. The fourth-order valence-electron chi connectivity index (χ4n) is 2.70. The van der Waals surface area contributed by atoms with Gasteiger partial charge in [-0.1, -0.05) is 36.4 Å². The number of pyridine rings is 1. The number of aromatic nitrogens is 5. The van der Waals surface area contributed by atoms with Crippen LogP contribution >= 0.6 is 0 Å². The molecule has 27 heavy (non-hydrogen) atoms. The van der Waals surface area contributed by atoms with Crippen molar-refractivity contribution in [1.29, 1.82) is 0 Å². The summed E-state index contributed by atoms with van der Waals surface area (Å²) in [7, 11) is 0. The molecule has 0 aliphatic rings. The molecular weight excluding hydrogens is 355 g/mol. The SMILES string of the molecule is FC(F)(F)c1ccccc1-c1cccc(-n2nnc(-c3ccccn3)n2)c1. The van der Waals surface area contributed by atoms with Gasteiger partial charge >= 0.3 is 6.18 Å². The molecule has 0 N–H and O–H groups in total. The zero-order valence-electron chi connectivity index (χ0n) is 13.8. The first-order valence-corrected chi connectivity index (χ1v) is 8.01. The third kappa shape index (κ3) is 3.41. The van der Waals surface area contributed by atoms with Crippen LogP contribution in [0.1, 0.15) is 5.56 Å². The zero-order chi connectivity index (χ0) is 18.9. The van der Waals surface area contributed by atoms with E-state index in [-0.39, 0.29) is 5.56 Å². The Kier molecular flexibility index (Phi) is 4.15. The Bertz CT molecular complexity index is 1070. The van der Waals surface area contributed by atoms with Crippen molar-refractivity contribution < 1.29 is 13.2 Å². The quantitative estimate of drug-likeness (QED) is 0.538. The highest BCUT2D eigenvalue weighted by molar-refractivity contribution is 5.70. The molecule has 0 saturated heterocycles. The number of tetrazole rings is 1. The molecule has 0 spiro atoms. The summed E-state index contributed by atoms with van der Waals surface area (Å²) in [6.07, 6.45) is -2.82. The molecule has 4 rings (SSSR count). The van der Waals surface area contributed by atoms with Crippen molar-refractivity contribution in [3.05, 3.63) is 78.5 Å². The van der Waals surface area contributed by atoms with E-state index < -0.39 is 11.7 Å². The second-order valence-corrected chi connectivity index (χ2v) is 5.71. The van der Waals surface area contributed by atoms with Crippen LogP contribution in [0.25, 0.3) is 28.3 Å². The minimum Gasteiger partial charge on any atom is -0.253 e. The molecule has 2 aromatic heterocycles. The lowest BCUT2D eigenvalue weighted by atomic mass is 9.99. The number of hydrogen-bond donors (Lipinski definition) is 0. The highest BCUT2D eigenvalue weighted by atomic mass is 19.4. The number of halogens is 3. The van der Waals surface area contributed by atoms with Crippen molar-refractivity contribution in [3.8, 4) is 28.3 Å². The van der Waals surface area contributed by atoms with Crippen LogP contribution < -0.4 is 0 Å². The molecule has 0 amide bonds. The van der Waals surface area contributed by atoms with Gasteiger partial charge < -0.3 is 0 Å². The normalized spacial score (nSPS) is 11.5. The number of rotatable bonds is 3. The predicted molar refractivity (Wildman–Crippen MR) is 92.8 cm³/mol. The van der Waals surface area contributed by atoms with Crippen molar-refractivity contribution in [1.82, 2.24) is 25.2 Å². The molecule has 0 unspecified atom stereocenters. The minimum atomic E-state index is -4.44. The Labute approximate surface area is 152 Å². The highest BCUT2D eigenvalue weighted by Gasteiger charge is 2.33. The van der Waals surface area contributed by atoms with Gasteiger partial charge in [0.1, 0.15) is 5.69 Å². The van der Waals surface area contributed by atoms with E-state index in [1.54, 1.807) is 54.7 Å². The molecule has 0 aliphatic carbocycles. The molecule has 0 fully saturated rings. The topological polar surface area (TPSA) is 56.5 Å². The van der Waals surface area contributed by atoms with Gasteiger partial charge in [-0.3, -0.25) is 4.98 Å². The molecule has 0 saturated carbocycles. The molecule has 8 heteroatoms. The van der Waals surface area contributed by atoms with Crippen LogP contribution in [-0.2, 0) is 6.18 Å². The molecule has 4 aromatic rings. The van der Waals surface area contributed by atoms with Gasteiger partial charge in [0.15, 0.2) is 0 Å². The van der Waals surface area contributed by atoms with Gasteiger partial charge in [0.25, 0.3) is 0 Å². The van der Waals surface area contributed by atoms with Crippen LogP contribution in [0.15, 0.2) is 72.9 Å². The van der Waals surface area contributed by atoms with Gasteiger partial charge in [-0.25, -0.2) is 0 Å². The fourth-order valence-corrected chi connectivity index (χ4v) is 2.70. The van der Waals surface area contributed by atoms with Crippen LogP contribution in [0.2, 0.25) is 0 Å². The van der Waals surface area contributed by atoms with Crippen molar-refractivity contribution in [2.45, 2.75) is 6.18 Å². The van der Waals surface area contributed by atoms with Crippen LogP contribution in [-0.4, -0.2) is 25.2 Å². The van der Waals surface area contributed by atoms with E-state index in [0.29, 0.717) is 22.8 Å². The molecule has 0 atom stereocenters. The maximum Gasteiger partial charge on any atom is 0.417 e. The maximum atomic E-state index is 13.3. The van der Waals surface area contributed by atoms with Gasteiger partial charge in [-0.2, -0.15) is 13.2 Å². The van der Waals surface area contributed by atoms with E-state index in [1.807, 2.05) is 0 Å². The summed E-state index contributed by atoms with van der Waals surface area (Å²) < 4.78 is 39.9. The monoisotopic (exact) mass is 367 g/mol.